The normalized spacial score (nSPS) is 27.2. The highest BCUT2D eigenvalue weighted by Gasteiger charge is 2.39. The van der Waals surface area contributed by atoms with E-state index in [1.165, 1.54) is 4.31 Å². The van der Waals surface area contributed by atoms with E-state index in [-0.39, 0.29) is 24.4 Å². The summed E-state index contributed by atoms with van der Waals surface area (Å²) in [6.45, 7) is 1.50. The molecule has 2 rings (SSSR count). The molecule has 6 heteroatoms. The average Bonchev–Trinajstić information content (AvgIpc) is 2.67. The van der Waals surface area contributed by atoms with Crippen molar-refractivity contribution in [3.05, 3.63) is 0 Å². The Hall–Kier alpha value is -0.170. The molecular weight excluding hydrogens is 228 g/mol. The molecule has 94 valence electrons. The zero-order chi connectivity index (χ0) is 11.6. The van der Waals surface area contributed by atoms with Crippen LogP contribution in [-0.4, -0.2) is 55.4 Å². The maximum absolute atomic E-state index is 12.3. The summed E-state index contributed by atoms with van der Waals surface area (Å²) in [5.41, 5.74) is 0. The largest absolute Gasteiger partial charge is 0.395 e. The first-order valence-electron chi connectivity index (χ1n) is 5.98. The fraction of sp³-hybridized carbons (Fsp3) is 1.00. The minimum Gasteiger partial charge on any atom is -0.395 e. The van der Waals surface area contributed by atoms with E-state index < -0.39 is 10.0 Å². The number of nitrogens with one attached hydrogen (secondary N) is 1. The van der Waals surface area contributed by atoms with Crippen molar-refractivity contribution in [2.45, 2.75) is 37.0 Å². The minimum atomic E-state index is -3.21. The fourth-order valence-corrected chi connectivity index (χ4v) is 4.45. The van der Waals surface area contributed by atoms with Crippen molar-refractivity contribution >= 4 is 10.0 Å². The SMILES string of the molecule is O=S(=O)(C1CCNC1)N(CCO)C1CCC1. The van der Waals surface area contributed by atoms with Gasteiger partial charge in [-0.2, -0.15) is 4.31 Å². The summed E-state index contributed by atoms with van der Waals surface area (Å²) in [5.74, 6) is 0. The summed E-state index contributed by atoms with van der Waals surface area (Å²) in [5, 5.41) is 11.8. The summed E-state index contributed by atoms with van der Waals surface area (Å²) in [7, 11) is -3.21. The lowest BCUT2D eigenvalue weighted by atomic mass is 9.93. The maximum Gasteiger partial charge on any atom is 0.218 e. The minimum absolute atomic E-state index is 0.0874. The molecule has 0 radical (unpaired) electrons. The second kappa shape index (κ2) is 5.00. The smallest absolute Gasteiger partial charge is 0.218 e. The van der Waals surface area contributed by atoms with Gasteiger partial charge in [-0.05, 0) is 25.8 Å². The van der Waals surface area contributed by atoms with Crippen molar-refractivity contribution in [2.24, 2.45) is 0 Å². The van der Waals surface area contributed by atoms with Gasteiger partial charge in [-0.3, -0.25) is 0 Å². The standard InChI is InChI=1S/C10H20N2O3S/c13-7-6-12(9-2-1-3-9)16(14,15)10-4-5-11-8-10/h9-11,13H,1-8H2. The first-order valence-corrected chi connectivity index (χ1v) is 7.49. The predicted molar refractivity (Wildman–Crippen MR) is 61.6 cm³/mol. The Kier molecular flexibility index (Phi) is 3.84. The molecule has 0 aromatic heterocycles. The van der Waals surface area contributed by atoms with E-state index in [0.717, 1.165) is 25.8 Å². The number of sulfonamides is 1. The van der Waals surface area contributed by atoms with Gasteiger partial charge in [0.25, 0.3) is 0 Å². The molecule has 0 amide bonds. The van der Waals surface area contributed by atoms with Crippen LogP contribution in [0.4, 0.5) is 0 Å². The van der Waals surface area contributed by atoms with E-state index >= 15 is 0 Å². The van der Waals surface area contributed by atoms with Crippen molar-refractivity contribution in [3.63, 3.8) is 0 Å². The monoisotopic (exact) mass is 248 g/mol. The van der Waals surface area contributed by atoms with Gasteiger partial charge in [0.1, 0.15) is 0 Å². The van der Waals surface area contributed by atoms with Crippen LogP contribution in [0.15, 0.2) is 0 Å². The van der Waals surface area contributed by atoms with Gasteiger partial charge in [-0.15, -0.1) is 0 Å². The molecule has 1 aliphatic heterocycles. The van der Waals surface area contributed by atoms with Crippen LogP contribution in [0.5, 0.6) is 0 Å². The van der Waals surface area contributed by atoms with Gasteiger partial charge in [0.05, 0.1) is 11.9 Å². The van der Waals surface area contributed by atoms with Crippen LogP contribution in [0, 0.1) is 0 Å². The van der Waals surface area contributed by atoms with E-state index in [1.54, 1.807) is 0 Å². The lowest BCUT2D eigenvalue weighted by Gasteiger charge is -2.37. The highest BCUT2D eigenvalue weighted by Crippen LogP contribution is 2.29. The molecule has 2 fully saturated rings. The quantitative estimate of drug-likeness (QED) is 0.690. The van der Waals surface area contributed by atoms with E-state index in [2.05, 4.69) is 5.32 Å². The number of aliphatic hydroxyl groups excluding tert-OH is 1. The Labute approximate surface area is 96.9 Å². The van der Waals surface area contributed by atoms with Crippen molar-refractivity contribution < 1.29 is 13.5 Å². The molecule has 1 heterocycles. The van der Waals surface area contributed by atoms with Crippen molar-refractivity contribution in [1.29, 1.82) is 0 Å². The van der Waals surface area contributed by atoms with E-state index in [4.69, 9.17) is 5.11 Å². The topological polar surface area (TPSA) is 69.6 Å². The lowest BCUT2D eigenvalue weighted by molar-refractivity contribution is 0.177. The molecule has 0 aromatic rings. The van der Waals surface area contributed by atoms with Crippen LogP contribution in [0.1, 0.15) is 25.7 Å². The van der Waals surface area contributed by atoms with Crippen molar-refractivity contribution in [2.75, 3.05) is 26.2 Å². The van der Waals surface area contributed by atoms with Gasteiger partial charge in [0.15, 0.2) is 0 Å². The summed E-state index contributed by atoms with van der Waals surface area (Å²) < 4.78 is 26.2. The molecule has 5 nitrogen and oxygen atoms in total. The molecule has 0 bridgehead atoms. The van der Waals surface area contributed by atoms with Crippen molar-refractivity contribution in [3.8, 4) is 0 Å². The average molecular weight is 248 g/mol. The summed E-state index contributed by atoms with van der Waals surface area (Å²) in [6.07, 6.45) is 3.68. The second-order valence-corrected chi connectivity index (χ2v) is 6.74. The second-order valence-electron chi connectivity index (χ2n) is 4.58. The van der Waals surface area contributed by atoms with Crippen LogP contribution in [0.2, 0.25) is 0 Å². The molecule has 2 aliphatic rings. The lowest BCUT2D eigenvalue weighted by Crippen LogP contribution is -2.49. The highest BCUT2D eigenvalue weighted by molar-refractivity contribution is 7.89. The summed E-state index contributed by atoms with van der Waals surface area (Å²) in [6, 6.07) is 0.137. The molecule has 1 saturated heterocycles. The Morgan fingerprint density at radius 2 is 2.06 bits per heavy atom. The molecule has 2 N–H and O–H groups in total. The third kappa shape index (κ3) is 2.25. The van der Waals surface area contributed by atoms with E-state index in [0.29, 0.717) is 13.0 Å². The van der Waals surface area contributed by atoms with Gasteiger partial charge in [0.2, 0.25) is 10.0 Å². The zero-order valence-electron chi connectivity index (χ0n) is 9.43. The number of aliphatic hydroxyl groups is 1. The molecule has 0 aromatic carbocycles. The predicted octanol–water partition coefficient (Wildman–Crippen LogP) is -0.475. The van der Waals surface area contributed by atoms with E-state index in [9.17, 15) is 8.42 Å². The van der Waals surface area contributed by atoms with Crippen molar-refractivity contribution in [1.82, 2.24) is 9.62 Å². The number of hydrogen-bond donors (Lipinski definition) is 2. The first kappa shape index (κ1) is 12.3. The van der Waals surface area contributed by atoms with Gasteiger partial charge < -0.3 is 10.4 Å². The summed E-state index contributed by atoms with van der Waals surface area (Å²) in [4.78, 5) is 0. The summed E-state index contributed by atoms with van der Waals surface area (Å²) >= 11 is 0. The van der Waals surface area contributed by atoms with Crippen LogP contribution in [-0.2, 0) is 10.0 Å². The Morgan fingerprint density at radius 1 is 1.31 bits per heavy atom. The number of hydrogen-bond acceptors (Lipinski definition) is 4. The van der Waals surface area contributed by atoms with Gasteiger partial charge in [-0.25, -0.2) is 8.42 Å². The van der Waals surface area contributed by atoms with Crippen LogP contribution >= 0.6 is 0 Å². The molecular formula is C10H20N2O3S. The maximum atomic E-state index is 12.3. The fourth-order valence-electron chi connectivity index (χ4n) is 2.36. The van der Waals surface area contributed by atoms with E-state index in [1.807, 2.05) is 0 Å². The molecule has 1 aliphatic carbocycles. The van der Waals surface area contributed by atoms with Crippen LogP contribution in [0.25, 0.3) is 0 Å². The zero-order valence-corrected chi connectivity index (χ0v) is 10.2. The third-order valence-corrected chi connectivity index (χ3v) is 5.94. The molecule has 0 spiro atoms. The van der Waals surface area contributed by atoms with Crippen LogP contribution < -0.4 is 5.32 Å². The highest BCUT2D eigenvalue weighted by atomic mass is 32.2. The van der Waals surface area contributed by atoms with Gasteiger partial charge >= 0.3 is 0 Å². The molecule has 1 saturated carbocycles. The molecule has 1 atom stereocenters. The molecule has 16 heavy (non-hydrogen) atoms. The first-order chi connectivity index (χ1) is 7.66. The number of rotatable bonds is 5. The Bertz CT molecular complexity index is 321. The number of nitrogens with zero attached hydrogens (tertiary/aromatic N) is 1. The van der Waals surface area contributed by atoms with Gasteiger partial charge in [-0.1, -0.05) is 6.42 Å². The molecule has 1 unspecified atom stereocenters. The Balaban J connectivity index is 2.10. The third-order valence-electron chi connectivity index (χ3n) is 3.57. The van der Waals surface area contributed by atoms with Crippen LogP contribution in [0.3, 0.4) is 0 Å². The van der Waals surface area contributed by atoms with Gasteiger partial charge in [0, 0.05) is 19.1 Å². The Morgan fingerprint density at radius 3 is 2.50 bits per heavy atom.